The molecule has 0 N–H and O–H groups in total. The van der Waals surface area contributed by atoms with Crippen molar-refractivity contribution in [3.63, 3.8) is 0 Å². The summed E-state index contributed by atoms with van der Waals surface area (Å²) in [5.74, 6) is 0.693. The van der Waals surface area contributed by atoms with Crippen LogP contribution in [0, 0.1) is 5.92 Å². The van der Waals surface area contributed by atoms with Crippen molar-refractivity contribution in [2.75, 3.05) is 7.11 Å². The summed E-state index contributed by atoms with van der Waals surface area (Å²) in [5, 5.41) is -0.0935. The van der Waals surface area contributed by atoms with Crippen LogP contribution in [-0.4, -0.2) is 29.9 Å². The van der Waals surface area contributed by atoms with Crippen LogP contribution >= 0.6 is 11.8 Å². The fraction of sp³-hybridized carbons (Fsp3) is 0.577. The molecule has 0 saturated heterocycles. The largest absolute Gasteiger partial charge is 0.468 e. The highest BCUT2D eigenvalue weighted by atomic mass is 32.2. The van der Waals surface area contributed by atoms with Crippen molar-refractivity contribution >= 4 is 29.3 Å². The Morgan fingerprint density at radius 3 is 2.61 bits per heavy atom. The van der Waals surface area contributed by atoms with Crippen molar-refractivity contribution in [3.8, 4) is 0 Å². The van der Waals surface area contributed by atoms with Crippen LogP contribution in [-0.2, 0) is 14.3 Å². The molecular weight excluding hydrogens is 408 g/mol. The number of unbranched alkanes of at least 4 members (excludes halogenated alkanes) is 2. The maximum Gasteiger partial charge on any atom is 0.319 e. The van der Waals surface area contributed by atoms with Crippen molar-refractivity contribution in [2.45, 2.75) is 82.3 Å². The van der Waals surface area contributed by atoms with Gasteiger partial charge in [-0.05, 0) is 54.9 Å². The molecule has 1 fully saturated rings. The van der Waals surface area contributed by atoms with Gasteiger partial charge in [0.1, 0.15) is 11.0 Å². The quantitative estimate of drug-likeness (QED) is 0.230. The third-order valence-electron chi connectivity index (χ3n) is 6.49. The highest BCUT2D eigenvalue weighted by molar-refractivity contribution is 8.04. The number of benzene rings is 1. The normalized spacial score (nSPS) is 23.1. The van der Waals surface area contributed by atoms with Gasteiger partial charge in [-0.25, -0.2) is 0 Å². The average Bonchev–Trinajstić information content (AvgIpc) is 3.40. The number of carbonyl (C=O) groups excluding carboxylic acids is 3. The number of ether oxygens (including phenoxy) is 1. The van der Waals surface area contributed by atoms with Gasteiger partial charge in [-0.3, -0.25) is 14.4 Å². The fourth-order valence-electron chi connectivity index (χ4n) is 4.73. The number of Topliss-reactive ketones (excluding diaryl/α,β-unsaturated/α-hetero) is 2. The highest BCUT2D eigenvalue weighted by Gasteiger charge is 2.35. The Hall–Kier alpha value is -1.88. The summed E-state index contributed by atoms with van der Waals surface area (Å²) in [7, 11) is 1.44. The van der Waals surface area contributed by atoms with E-state index >= 15 is 0 Å². The summed E-state index contributed by atoms with van der Waals surface area (Å²) in [5.41, 5.74) is 1.81. The SMILES string of the molecule is CCCCCC(=O)c1ccc(C2C(=O)CC[C@@H]2CCCC2=CCC(C(=O)OC)S2)cc1. The van der Waals surface area contributed by atoms with Crippen LogP contribution in [0.2, 0.25) is 0 Å². The van der Waals surface area contributed by atoms with E-state index in [1.165, 1.54) is 12.0 Å². The van der Waals surface area contributed by atoms with Gasteiger partial charge in [0.15, 0.2) is 5.78 Å². The molecule has 1 saturated carbocycles. The van der Waals surface area contributed by atoms with Crippen LogP contribution in [0.1, 0.15) is 93.0 Å². The molecule has 1 aromatic rings. The first-order valence-corrected chi connectivity index (χ1v) is 12.5. The third kappa shape index (κ3) is 6.31. The van der Waals surface area contributed by atoms with Crippen molar-refractivity contribution in [2.24, 2.45) is 5.92 Å². The maximum absolute atomic E-state index is 12.6. The fourth-order valence-corrected chi connectivity index (χ4v) is 5.94. The molecule has 0 radical (unpaired) electrons. The average molecular weight is 443 g/mol. The lowest BCUT2D eigenvalue weighted by Gasteiger charge is -2.19. The van der Waals surface area contributed by atoms with Crippen molar-refractivity contribution in [1.82, 2.24) is 0 Å². The monoisotopic (exact) mass is 442 g/mol. The van der Waals surface area contributed by atoms with Gasteiger partial charge < -0.3 is 4.74 Å². The van der Waals surface area contributed by atoms with Crippen LogP contribution in [0.3, 0.4) is 0 Å². The number of allylic oxidation sites excluding steroid dienone is 2. The zero-order valence-electron chi connectivity index (χ0n) is 18.7. The van der Waals surface area contributed by atoms with Crippen molar-refractivity contribution in [1.29, 1.82) is 0 Å². The molecule has 1 aromatic carbocycles. The van der Waals surface area contributed by atoms with Crippen LogP contribution in [0.25, 0.3) is 0 Å². The first-order chi connectivity index (χ1) is 15.0. The number of methoxy groups -OCH3 is 1. The van der Waals surface area contributed by atoms with E-state index in [9.17, 15) is 14.4 Å². The van der Waals surface area contributed by atoms with E-state index in [0.29, 0.717) is 24.5 Å². The van der Waals surface area contributed by atoms with Gasteiger partial charge in [0, 0.05) is 24.3 Å². The van der Waals surface area contributed by atoms with Gasteiger partial charge in [-0.2, -0.15) is 0 Å². The minimum absolute atomic E-state index is 0.0442. The first-order valence-electron chi connectivity index (χ1n) is 11.6. The Kier molecular flexibility index (Phi) is 8.94. The second-order valence-corrected chi connectivity index (χ2v) is 10.0. The topological polar surface area (TPSA) is 60.4 Å². The summed E-state index contributed by atoms with van der Waals surface area (Å²) < 4.78 is 4.84. The van der Waals surface area contributed by atoms with Crippen molar-refractivity contribution in [3.05, 3.63) is 46.4 Å². The summed E-state index contributed by atoms with van der Waals surface area (Å²) in [6.07, 6.45) is 11.2. The molecule has 0 amide bonds. The van der Waals surface area contributed by atoms with Gasteiger partial charge in [0.2, 0.25) is 0 Å². The number of hydrogen-bond acceptors (Lipinski definition) is 5. The molecule has 31 heavy (non-hydrogen) atoms. The number of hydrogen-bond donors (Lipinski definition) is 0. The van der Waals surface area contributed by atoms with E-state index in [1.54, 1.807) is 11.8 Å². The summed E-state index contributed by atoms with van der Waals surface area (Å²) in [4.78, 5) is 37.9. The van der Waals surface area contributed by atoms with E-state index in [-0.39, 0.29) is 22.9 Å². The predicted molar refractivity (Wildman–Crippen MR) is 125 cm³/mol. The molecule has 5 heteroatoms. The van der Waals surface area contributed by atoms with Crippen LogP contribution < -0.4 is 0 Å². The Balaban J connectivity index is 1.52. The number of carbonyl (C=O) groups is 3. The molecule has 2 aliphatic rings. The third-order valence-corrected chi connectivity index (χ3v) is 7.84. The smallest absolute Gasteiger partial charge is 0.319 e. The van der Waals surface area contributed by atoms with Gasteiger partial charge >= 0.3 is 5.97 Å². The second-order valence-electron chi connectivity index (χ2n) is 8.67. The molecule has 2 unspecified atom stereocenters. The van der Waals surface area contributed by atoms with Gasteiger partial charge in [0.05, 0.1) is 7.11 Å². The lowest BCUT2D eigenvalue weighted by Crippen LogP contribution is -2.15. The van der Waals surface area contributed by atoms with Gasteiger partial charge in [0.25, 0.3) is 0 Å². The molecule has 168 valence electrons. The summed E-state index contributed by atoms with van der Waals surface area (Å²) >= 11 is 1.62. The van der Waals surface area contributed by atoms with E-state index in [2.05, 4.69) is 13.0 Å². The van der Waals surface area contributed by atoms with Crippen LogP contribution in [0.5, 0.6) is 0 Å². The zero-order chi connectivity index (χ0) is 22.2. The van der Waals surface area contributed by atoms with E-state index in [4.69, 9.17) is 4.74 Å². The van der Waals surface area contributed by atoms with Crippen molar-refractivity contribution < 1.29 is 19.1 Å². The molecule has 1 aliphatic heterocycles. The van der Waals surface area contributed by atoms with E-state index in [0.717, 1.165) is 62.5 Å². The molecular formula is C26H34O4S. The molecule has 3 rings (SSSR count). The number of esters is 1. The molecule has 4 nitrogen and oxygen atoms in total. The minimum atomic E-state index is -0.148. The lowest BCUT2D eigenvalue weighted by molar-refractivity contribution is -0.139. The Bertz CT molecular complexity index is 811. The second kappa shape index (κ2) is 11.7. The summed E-state index contributed by atoms with van der Waals surface area (Å²) in [6.45, 7) is 2.14. The Morgan fingerprint density at radius 2 is 1.90 bits per heavy atom. The molecule has 3 atom stereocenters. The van der Waals surface area contributed by atoms with E-state index < -0.39 is 0 Å². The number of ketones is 2. The first kappa shape index (κ1) is 23.8. The molecule has 0 aromatic heterocycles. The Labute approximate surface area is 190 Å². The molecule has 1 heterocycles. The minimum Gasteiger partial charge on any atom is -0.468 e. The molecule has 0 bridgehead atoms. The van der Waals surface area contributed by atoms with Gasteiger partial charge in [-0.15, -0.1) is 11.8 Å². The standard InChI is InChI=1S/C26H34O4S/c1-3-4-5-9-22(27)18-10-12-20(13-11-18)25-19(14-16-23(25)28)7-6-8-21-15-17-24(31-21)26(29)30-2/h10-13,15,19,24-25H,3-9,14,16-17H2,1-2H3/t19-,24?,25?/m0/s1. The number of rotatable bonds is 11. The Morgan fingerprint density at radius 1 is 1.13 bits per heavy atom. The molecule has 0 spiro atoms. The van der Waals surface area contributed by atoms with E-state index in [1.807, 2.05) is 24.3 Å². The highest BCUT2D eigenvalue weighted by Crippen LogP contribution is 2.42. The predicted octanol–water partition coefficient (Wildman–Crippen LogP) is 6.25. The van der Waals surface area contributed by atoms with Crippen LogP contribution in [0.4, 0.5) is 0 Å². The number of thioether (sulfide) groups is 1. The van der Waals surface area contributed by atoms with Gasteiger partial charge in [-0.1, -0.05) is 50.1 Å². The molecule has 1 aliphatic carbocycles. The van der Waals surface area contributed by atoms with Crippen LogP contribution in [0.15, 0.2) is 35.2 Å². The zero-order valence-corrected chi connectivity index (χ0v) is 19.5. The lowest BCUT2D eigenvalue weighted by atomic mass is 9.84. The summed E-state index contributed by atoms with van der Waals surface area (Å²) in [6, 6.07) is 7.78. The maximum atomic E-state index is 12.6.